The van der Waals surface area contributed by atoms with Crippen LogP contribution in [0.3, 0.4) is 0 Å². The number of Topliss-reactive ketones (excluding diaryl/α,β-unsaturated/α-hetero) is 1. The predicted molar refractivity (Wildman–Crippen MR) is 144 cm³/mol. The molecular weight excluding hydrogens is 443 g/mol. The lowest BCUT2D eigenvalue weighted by Gasteiger charge is -2.24. The van der Waals surface area contributed by atoms with Gasteiger partial charge < -0.3 is 9.30 Å². The molecule has 4 nitrogen and oxygen atoms in total. The summed E-state index contributed by atoms with van der Waals surface area (Å²) in [5.74, 6) is -1.24. The standard InChI is InChI=1S/C29H40O3.H3OP/c1-8-10-14-22(9-2)19-32-28(31)26(23-15-12-11-13-16-23)27(30)25-20(3)17-24(18-21(25)4)29(5,6)7;1-2/h11-13,15-18,22,26H,8-10,14,19H2,1-7H3;2H3. The Bertz CT molecular complexity index is 908. The van der Waals surface area contributed by atoms with Crippen LogP contribution in [0.5, 0.6) is 0 Å². The number of carbonyl (C=O) groups excluding carboxylic acids is 2. The maximum atomic E-state index is 13.8. The van der Waals surface area contributed by atoms with E-state index in [2.05, 4.69) is 46.8 Å². The molecule has 2 rings (SSSR count). The molecule has 0 aliphatic carbocycles. The summed E-state index contributed by atoms with van der Waals surface area (Å²) >= 11 is 0. The van der Waals surface area contributed by atoms with E-state index in [4.69, 9.17) is 9.30 Å². The highest BCUT2D eigenvalue weighted by atomic mass is 31.0. The molecule has 0 heterocycles. The van der Waals surface area contributed by atoms with Crippen LogP contribution in [-0.2, 0) is 19.5 Å². The summed E-state index contributed by atoms with van der Waals surface area (Å²) in [4.78, 5) is 27.0. The molecule has 0 saturated heterocycles. The number of hydrogen-bond acceptors (Lipinski definition) is 4. The predicted octanol–water partition coefficient (Wildman–Crippen LogP) is 7.27. The third-order valence-corrected chi connectivity index (χ3v) is 6.28. The normalized spacial score (nSPS) is 12.9. The number of rotatable bonds is 10. The molecule has 0 amide bonds. The zero-order chi connectivity index (χ0) is 25.9. The molecule has 0 spiro atoms. The first kappa shape index (κ1) is 29.8. The number of esters is 1. The van der Waals surface area contributed by atoms with Gasteiger partial charge in [0.05, 0.1) is 15.7 Å². The number of benzene rings is 2. The molecule has 0 radical (unpaired) electrons. The summed E-state index contributed by atoms with van der Waals surface area (Å²) in [5, 5.41) is 0. The molecular formula is C29H43O4P. The van der Waals surface area contributed by atoms with Gasteiger partial charge in [-0.05, 0) is 53.9 Å². The molecule has 3 atom stereocenters. The Morgan fingerprint density at radius 1 is 0.971 bits per heavy atom. The number of ketones is 1. The summed E-state index contributed by atoms with van der Waals surface area (Å²) in [5.41, 5.74) is 4.29. The fourth-order valence-corrected chi connectivity index (χ4v) is 4.15. The van der Waals surface area contributed by atoms with Gasteiger partial charge in [0.2, 0.25) is 0 Å². The van der Waals surface area contributed by atoms with Crippen molar-refractivity contribution in [3.8, 4) is 0 Å². The van der Waals surface area contributed by atoms with Crippen LogP contribution in [0.4, 0.5) is 0 Å². The Balaban J connectivity index is 0.00000281. The Hall–Kier alpha value is -2.19. The van der Waals surface area contributed by atoms with Gasteiger partial charge in [0.25, 0.3) is 0 Å². The molecule has 0 aliphatic rings. The summed E-state index contributed by atoms with van der Waals surface area (Å²) < 4.78 is 14.0. The number of ether oxygens (including phenoxy) is 1. The minimum atomic E-state index is -0.947. The molecule has 0 bridgehead atoms. The quantitative estimate of drug-likeness (QED) is 0.153. The maximum Gasteiger partial charge on any atom is 0.321 e. The lowest BCUT2D eigenvalue weighted by atomic mass is 9.81. The number of carbonyl (C=O) groups is 2. The van der Waals surface area contributed by atoms with Crippen LogP contribution in [0.2, 0.25) is 0 Å². The lowest BCUT2D eigenvalue weighted by molar-refractivity contribution is -0.145. The molecule has 2 aromatic rings. The number of aryl methyl sites for hydroxylation is 2. The van der Waals surface area contributed by atoms with Crippen LogP contribution in [0.1, 0.15) is 98.8 Å². The second-order valence-electron chi connectivity index (χ2n) is 9.99. The van der Waals surface area contributed by atoms with E-state index < -0.39 is 11.9 Å². The van der Waals surface area contributed by atoms with Crippen molar-refractivity contribution in [2.45, 2.75) is 85.5 Å². The van der Waals surface area contributed by atoms with Crippen LogP contribution in [0.15, 0.2) is 42.5 Å². The first-order valence-corrected chi connectivity index (χ1v) is 12.8. The van der Waals surface area contributed by atoms with Crippen molar-refractivity contribution < 1.29 is 18.9 Å². The molecule has 2 aromatic carbocycles. The van der Waals surface area contributed by atoms with Gasteiger partial charge in [-0.3, -0.25) is 9.59 Å². The molecule has 0 fully saturated rings. The zero-order valence-electron chi connectivity index (χ0n) is 22.1. The van der Waals surface area contributed by atoms with E-state index in [0.717, 1.165) is 36.8 Å². The molecule has 0 aromatic heterocycles. The van der Waals surface area contributed by atoms with E-state index in [1.807, 2.05) is 44.2 Å². The molecule has 0 N–H and O–H groups in total. The Morgan fingerprint density at radius 2 is 1.53 bits per heavy atom. The lowest BCUT2D eigenvalue weighted by Crippen LogP contribution is -2.27. The van der Waals surface area contributed by atoms with Gasteiger partial charge in [-0.1, -0.05) is 96.3 Å². The minimum absolute atomic E-state index is 0.0114. The van der Waals surface area contributed by atoms with Crippen molar-refractivity contribution in [1.29, 1.82) is 0 Å². The second kappa shape index (κ2) is 14.3. The van der Waals surface area contributed by atoms with Gasteiger partial charge in [0, 0.05) is 5.56 Å². The molecule has 0 saturated carbocycles. The van der Waals surface area contributed by atoms with Crippen molar-refractivity contribution in [3.05, 3.63) is 70.3 Å². The van der Waals surface area contributed by atoms with E-state index in [9.17, 15) is 9.59 Å². The largest absolute Gasteiger partial charge is 0.465 e. The summed E-state index contributed by atoms with van der Waals surface area (Å²) in [6.45, 7) is 15.1. The number of unbranched alkanes of at least 4 members (excludes halogenated alkanes) is 1. The van der Waals surface area contributed by atoms with E-state index in [1.54, 1.807) is 0 Å². The zero-order valence-corrected chi connectivity index (χ0v) is 23.5. The van der Waals surface area contributed by atoms with Gasteiger partial charge in [0.15, 0.2) is 5.78 Å². The monoisotopic (exact) mass is 486 g/mol. The van der Waals surface area contributed by atoms with Crippen LogP contribution >= 0.6 is 9.12 Å². The molecule has 3 unspecified atom stereocenters. The Labute approximate surface area is 208 Å². The van der Waals surface area contributed by atoms with Crippen molar-refractivity contribution in [3.63, 3.8) is 0 Å². The number of hydrogen-bond donors (Lipinski definition) is 0. The third kappa shape index (κ3) is 8.24. The van der Waals surface area contributed by atoms with Crippen LogP contribution in [0.25, 0.3) is 0 Å². The second-order valence-corrected chi connectivity index (χ2v) is 9.99. The van der Waals surface area contributed by atoms with Crippen molar-refractivity contribution in [1.82, 2.24) is 0 Å². The van der Waals surface area contributed by atoms with Crippen molar-refractivity contribution in [2.24, 2.45) is 5.92 Å². The molecule has 34 heavy (non-hydrogen) atoms. The van der Waals surface area contributed by atoms with Gasteiger partial charge in [-0.2, -0.15) is 0 Å². The van der Waals surface area contributed by atoms with Gasteiger partial charge in [0.1, 0.15) is 5.92 Å². The van der Waals surface area contributed by atoms with Gasteiger partial charge in [-0.25, -0.2) is 0 Å². The van der Waals surface area contributed by atoms with E-state index >= 15 is 0 Å². The molecule has 5 heteroatoms. The molecule has 0 aliphatic heterocycles. The van der Waals surface area contributed by atoms with E-state index in [-0.39, 0.29) is 11.2 Å². The van der Waals surface area contributed by atoms with Crippen molar-refractivity contribution in [2.75, 3.05) is 6.61 Å². The van der Waals surface area contributed by atoms with E-state index in [1.165, 1.54) is 5.56 Å². The van der Waals surface area contributed by atoms with Crippen molar-refractivity contribution >= 4 is 20.9 Å². The molecule has 188 valence electrons. The first-order chi connectivity index (χ1) is 16.1. The van der Waals surface area contributed by atoms with Gasteiger partial charge in [-0.15, -0.1) is 0 Å². The van der Waals surface area contributed by atoms with Crippen LogP contribution in [0, 0.1) is 19.8 Å². The van der Waals surface area contributed by atoms with E-state index in [0.29, 0.717) is 32.8 Å². The minimum Gasteiger partial charge on any atom is -0.465 e. The first-order valence-electron chi connectivity index (χ1n) is 12.3. The van der Waals surface area contributed by atoms with Crippen LogP contribution < -0.4 is 0 Å². The Morgan fingerprint density at radius 3 is 2.00 bits per heavy atom. The highest BCUT2D eigenvalue weighted by Gasteiger charge is 2.33. The topological polar surface area (TPSA) is 60.4 Å². The fourth-order valence-electron chi connectivity index (χ4n) is 4.15. The third-order valence-electron chi connectivity index (χ3n) is 6.28. The Kier molecular flexibility index (Phi) is 12.5. The fraction of sp³-hybridized carbons (Fsp3) is 0.517. The smallest absolute Gasteiger partial charge is 0.321 e. The maximum absolute atomic E-state index is 13.8. The average molecular weight is 487 g/mol. The summed E-state index contributed by atoms with van der Waals surface area (Å²) in [7, 11) is 0.611. The highest BCUT2D eigenvalue weighted by Crippen LogP contribution is 2.31. The van der Waals surface area contributed by atoms with Crippen LogP contribution in [-0.4, -0.2) is 18.4 Å². The van der Waals surface area contributed by atoms with Gasteiger partial charge >= 0.3 is 5.97 Å². The summed E-state index contributed by atoms with van der Waals surface area (Å²) in [6.07, 6.45) is 4.24. The average Bonchev–Trinajstić information content (AvgIpc) is 2.80. The summed E-state index contributed by atoms with van der Waals surface area (Å²) in [6, 6.07) is 13.4. The SMILES string of the molecule is CCCCC(CC)COC(=O)C(C(=O)c1c(C)cc(C(C)(C)C)cc1C)c1ccccc1.O=[PH3]. The highest BCUT2D eigenvalue weighted by molar-refractivity contribution is 7.00.